The Labute approximate surface area is 322 Å². The molecular weight excluding hydrogens is 670 g/mol. The number of aliphatic hydroxyl groups excluding tert-OH is 2. The quantitative estimate of drug-likeness (QED) is 0.102. The van der Waals surface area contributed by atoms with E-state index in [-0.39, 0.29) is 42.9 Å². The van der Waals surface area contributed by atoms with Crippen molar-refractivity contribution in [3.05, 3.63) is 96.1 Å². The average Bonchev–Trinajstić information content (AvgIpc) is 3.58. The van der Waals surface area contributed by atoms with Crippen LogP contribution < -0.4 is 0 Å². The van der Waals surface area contributed by atoms with Crippen LogP contribution in [-0.4, -0.2) is 127 Å². The SMILES string of the molecule is C1COC(C2CCCO2)C1.CC(O)COC(=O)/C=C\C(=O)OCc1ccccc1.CC1CO1.O=C1C=CC(=O)O1.OCc1ccccc1.[3H][B-].[3H][B-].[Mg+2]. The summed E-state index contributed by atoms with van der Waals surface area (Å²) in [4.78, 5) is 42.2. The van der Waals surface area contributed by atoms with Crippen molar-refractivity contribution in [2.75, 3.05) is 26.4 Å². The van der Waals surface area contributed by atoms with Gasteiger partial charge >= 0.3 is 46.9 Å². The Kier molecular flexibility index (Phi) is 27.2. The predicted molar refractivity (Wildman–Crippen MR) is 194 cm³/mol. The summed E-state index contributed by atoms with van der Waals surface area (Å²) in [6, 6.07) is 18.7. The summed E-state index contributed by atoms with van der Waals surface area (Å²) >= 11 is 0. The zero-order valence-electron chi connectivity index (χ0n) is 31.3. The first-order chi connectivity index (χ1) is 25.2. The molecule has 4 aliphatic heterocycles. The average molecular weight is 723 g/mol. The van der Waals surface area contributed by atoms with Crippen molar-refractivity contribution in [2.45, 2.75) is 77.2 Å². The van der Waals surface area contributed by atoms with Crippen LogP contribution in [0.2, 0.25) is 0 Å². The summed E-state index contributed by atoms with van der Waals surface area (Å²) in [6.07, 6.45) is 9.73. The second-order valence-electron chi connectivity index (χ2n) is 10.9. The first kappa shape index (κ1) is 45.7. The van der Waals surface area contributed by atoms with Crippen molar-refractivity contribution >= 4 is 63.7 Å². The van der Waals surface area contributed by atoms with Crippen LogP contribution in [0.25, 0.3) is 0 Å². The molecule has 2 aromatic rings. The Morgan fingerprint density at radius 1 is 0.843 bits per heavy atom. The molecule has 12 nitrogen and oxygen atoms in total. The molecule has 0 aliphatic carbocycles. The second-order valence-corrected chi connectivity index (χ2v) is 10.9. The smallest absolute Gasteiger partial charge is 0.652 e. The van der Waals surface area contributed by atoms with E-state index in [9.17, 15) is 19.2 Å². The molecule has 4 atom stereocenters. The van der Waals surface area contributed by atoms with Gasteiger partial charge in [-0.1, -0.05) is 60.7 Å². The molecule has 0 aromatic heterocycles. The van der Waals surface area contributed by atoms with Gasteiger partial charge < -0.3 is 58.1 Å². The maximum atomic E-state index is 11.3. The predicted octanol–water partition coefficient (Wildman–Crippen LogP) is 2.09. The number of hydrogen-bond acceptors (Lipinski definition) is 12. The van der Waals surface area contributed by atoms with Gasteiger partial charge in [0.2, 0.25) is 0 Å². The number of rotatable bonds is 8. The van der Waals surface area contributed by atoms with Crippen molar-refractivity contribution in [1.29, 1.82) is 2.67 Å². The number of hydrogen-bond donors (Lipinski definition) is 2. The molecule has 0 amide bonds. The Bertz CT molecular complexity index is 1260. The molecule has 4 aliphatic rings. The fraction of sp³-hybridized carbons (Fsp3) is 0.444. The maximum Gasteiger partial charge on any atom is 2.00 e. The fourth-order valence-corrected chi connectivity index (χ4v) is 3.94. The van der Waals surface area contributed by atoms with Gasteiger partial charge in [-0.05, 0) is 50.7 Å². The van der Waals surface area contributed by atoms with Crippen molar-refractivity contribution < 1.29 is 57.8 Å². The van der Waals surface area contributed by atoms with E-state index in [0.717, 1.165) is 55.3 Å². The third-order valence-corrected chi connectivity index (χ3v) is 6.47. The number of carbonyl (C=O) groups is 4. The van der Waals surface area contributed by atoms with Gasteiger partial charge in [0.15, 0.2) is 0 Å². The summed E-state index contributed by atoms with van der Waals surface area (Å²) in [5.74, 6) is -2.48. The van der Waals surface area contributed by atoms with Crippen molar-refractivity contribution in [2.24, 2.45) is 0 Å². The summed E-state index contributed by atoms with van der Waals surface area (Å²) in [7, 11) is 7.50. The van der Waals surface area contributed by atoms with Crippen LogP contribution in [0, 0.1) is 0 Å². The molecule has 2 aromatic carbocycles. The minimum Gasteiger partial charge on any atom is -0.652 e. The molecule has 0 saturated carbocycles. The molecule has 4 unspecified atom stereocenters. The maximum absolute atomic E-state index is 11.3. The number of ether oxygens (including phenoxy) is 6. The van der Waals surface area contributed by atoms with E-state index < -0.39 is 30.0 Å². The minimum atomic E-state index is -0.734. The van der Waals surface area contributed by atoms with Crippen LogP contribution in [0.3, 0.4) is 0 Å². The van der Waals surface area contributed by atoms with E-state index in [4.69, 9.17) is 31.8 Å². The van der Waals surface area contributed by atoms with E-state index in [1.807, 2.05) is 60.7 Å². The molecule has 6 rings (SSSR count). The number of epoxide rings is 1. The molecule has 15 heteroatoms. The van der Waals surface area contributed by atoms with Gasteiger partial charge in [-0.15, -0.1) is 0 Å². The molecule has 3 fully saturated rings. The Hall–Kier alpha value is -3.30. The second kappa shape index (κ2) is 30.3. The van der Waals surface area contributed by atoms with Gasteiger partial charge in [0.25, 0.3) is 0 Å². The van der Waals surface area contributed by atoms with Crippen LogP contribution >= 0.6 is 0 Å². The molecule has 0 bridgehead atoms. The third-order valence-electron chi connectivity index (χ3n) is 6.47. The van der Waals surface area contributed by atoms with E-state index >= 15 is 0 Å². The van der Waals surface area contributed by atoms with Crippen molar-refractivity contribution in [3.8, 4) is 0 Å². The first-order valence-electron chi connectivity index (χ1n) is 17.0. The van der Waals surface area contributed by atoms with Gasteiger partial charge in [0.05, 0.1) is 37.6 Å². The molecule has 6 radical (unpaired) electrons. The molecule has 3 saturated heterocycles. The van der Waals surface area contributed by atoms with Gasteiger partial charge in [-0.25, -0.2) is 19.2 Å². The fourth-order valence-electron chi connectivity index (χ4n) is 3.94. The molecule has 272 valence electrons. The van der Waals surface area contributed by atoms with Crippen LogP contribution in [-0.2, 0) is 60.8 Å². The molecule has 0 spiro atoms. The molecule has 51 heavy (non-hydrogen) atoms. The summed E-state index contributed by atoms with van der Waals surface area (Å²) < 4.78 is 39.8. The van der Waals surface area contributed by atoms with Gasteiger partial charge in [0.1, 0.15) is 13.2 Å². The van der Waals surface area contributed by atoms with Gasteiger partial charge in [0, 0.05) is 37.5 Å². The minimum absolute atomic E-state index is 0. The van der Waals surface area contributed by atoms with Crippen LogP contribution in [0.1, 0.15) is 50.7 Å². The Balaban J connectivity index is 0. The van der Waals surface area contributed by atoms with E-state index in [1.165, 1.54) is 32.6 Å². The molecule has 2 N–H and O–H groups in total. The van der Waals surface area contributed by atoms with Gasteiger partial charge in [-0.3, -0.25) is 0 Å². The van der Waals surface area contributed by atoms with E-state index in [2.05, 4.69) is 33.2 Å². The number of benzene rings is 2. The van der Waals surface area contributed by atoms with Crippen LogP contribution in [0.4, 0.5) is 0 Å². The monoisotopic (exact) mass is 722 g/mol. The van der Waals surface area contributed by atoms with Crippen molar-refractivity contribution in [1.82, 2.24) is 0 Å². The van der Waals surface area contributed by atoms with E-state index in [0.29, 0.717) is 18.3 Å². The number of cyclic esters (lactones) is 2. The summed E-state index contributed by atoms with van der Waals surface area (Å²) in [5.41, 5.74) is 1.83. The Morgan fingerprint density at radius 2 is 1.27 bits per heavy atom. The largest absolute Gasteiger partial charge is 2.00 e. The van der Waals surface area contributed by atoms with E-state index in [1.54, 1.807) is 0 Å². The zero-order valence-corrected chi connectivity index (χ0v) is 30.7. The number of esters is 4. The standard InChI is InChI=1S/C14H16O5.C8H14O2.C7H8O.C4H2O3.C3H6O.2BH.Mg/c1-11(15)9-18-13(16)7-8-14(17)19-10-12-5-3-2-4-6-12;1-3-7(9-5-1)8-4-2-6-10-8;8-6-7-4-2-1-3-5-7;5-3-1-2-4(6)7-3;1-3-2-4-3;;;/h2-8,11,15H,9-10H2,1H3;7-8H,1-6H2;1-5,8H,6H2;1-2H;3H,2H2,1H3;2*1H;/q;;;;;2*-1;+2/b8-7-;;;;;;;/i;;;;;2*1T;. The third kappa shape index (κ3) is 26.2. The first-order valence-corrected chi connectivity index (χ1v) is 15.8. The topological polar surface area (TPSA) is 167 Å². The summed E-state index contributed by atoms with van der Waals surface area (Å²) in [6.45, 7) is 6.61. The molecular formula is C36H48B2MgO12. The van der Waals surface area contributed by atoms with Crippen LogP contribution in [0.5, 0.6) is 0 Å². The normalized spacial score (nSPS) is 19.8. The molecule has 4 heterocycles. The number of carbonyl (C=O) groups excluding carboxylic acids is 4. The number of aliphatic hydroxyl groups is 2. The van der Waals surface area contributed by atoms with Crippen molar-refractivity contribution in [3.63, 3.8) is 0 Å². The summed E-state index contributed by atoms with van der Waals surface area (Å²) in [5, 5.41) is 17.4. The zero-order chi connectivity index (χ0) is 39.0. The van der Waals surface area contributed by atoms with Crippen LogP contribution in [0.15, 0.2) is 85.0 Å². The van der Waals surface area contributed by atoms with Gasteiger partial charge in [-0.2, -0.15) is 0 Å². The Morgan fingerprint density at radius 3 is 1.59 bits per heavy atom.